The molecule has 0 saturated carbocycles. The third-order valence-corrected chi connectivity index (χ3v) is 2.33. The molecule has 2 heterocycles. The molecule has 0 aromatic carbocycles. The summed E-state index contributed by atoms with van der Waals surface area (Å²) in [5.41, 5.74) is 1.22. The summed E-state index contributed by atoms with van der Waals surface area (Å²) in [6.45, 7) is 1.93. The van der Waals surface area contributed by atoms with Crippen LogP contribution < -0.4 is 0 Å². The van der Waals surface area contributed by atoms with Gasteiger partial charge in [0.1, 0.15) is 0 Å². The van der Waals surface area contributed by atoms with Crippen molar-refractivity contribution in [3.8, 4) is 0 Å². The van der Waals surface area contributed by atoms with Crippen molar-refractivity contribution in [1.29, 1.82) is 0 Å². The van der Waals surface area contributed by atoms with Gasteiger partial charge in [-0.25, -0.2) is 14.3 Å². The van der Waals surface area contributed by atoms with Crippen molar-refractivity contribution < 1.29 is 9.90 Å². The molecule has 0 fully saturated rings. The van der Waals surface area contributed by atoms with Crippen LogP contribution in [0.2, 0.25) is 5.02 Å². The Balaban J connectivity index is 2.80. The SMILES string of the molecule is CCc1cc2ncc(Cl)c(C(=O)O)n2n1. The average molecular weight is 226 g/mol. The van der Waals surface area contributed by atoms with Gasteiger partial charge in [0.2, 0.25) is 0 Å². The van der Waals surface area contributed by atoms with Crippen LogP contribution in [0.4, 0.5) is 0 Å². The molecule has 78 valence electrons. The molecule has 0 aliphatic carbocycles. The Morgan fingerprint density at radius 1 is 1.67 bits per heavy atom. The first-order chi connectivity index (χ1) is 7.13. The topological polar surface area (TPSA) is 67.5 Å². The Kier molecular flexibility index (Phi) is 2.32. The molecule has 6 heteroatoms. The fraction of sp³-hybridized carbons (Fsp3) is 0.222. The third-order valence-electron chi connectivity index (χ3n) is 2.05. The Bertz CT molecular complexity index is 535. The maximum atomic E-state index is 11.0. The number of halogens is 1. The van der Waals surface area contributed by atoms with E-state index in [4.69, 9.17) is 16.7 Å². The standard InChI is InChI=1S/C9H8ClN3O2/c1-2-5-3-7-11-4-6(10)8(9(14)15)13(7)12-5/h3-4H,2H2,1H3,(H,14,15). The van der Waals surface area contributed by atoms with Gasteiger partial charge in [-0.1, -0.05) is 18.5 Å². The van der Waals surface area contributed by atoms with E-state index in [0.29, 0.717) is 5.65 Å². The molecule has 0 aliphatic rings. The Morgan fingerprint density at radius 2 is 2.40 bits per heavy atom. The molecule has 0 radical (unpaired) electrons. The van der Waals surface area contributed by atoms with E-state index >= 15 is 0 Å². The number of rotatable bonds is 2. The summed E-state index contributed by atoms with van der Waals surface area (Å²) in [6, 6.07) is 1.74. The summed E-state index contributed by atoms with van der Waals surface area (Å²) in [4.78, 5) is 15.0. The van der Waals surface area contributed by atoms with Gasteiger partial charge in [0.15, 0.2) is 11.3 Å². The highest BCUT2D eigenvalue weighted by Gasteiger charge is 2.15. The van der Waals surface area contributed by atoms with Crippen molar-refractivity contribution in [2.45, 2.75) is 13.3 Å². The van der Waals surface area contributed by atoms with Gasteiger partial charge in [-0.05, 0) is 6.42 Å². The first-order valence-electron chi connectivity index (χ1n) is 4.40. The predicted octanol–water partition coefficient (Wildman–Crippen LogP) is 1.64. The van der Waals surface area contributed by atoms with Crippen molar-refractivity contribution in [2.75, 3.05) is 0 Å². The summed E-state index contributed by atoms with van der Waals surface area (Å²) in [7, 11) is 0. The molecule has 0 aliphatic heterocycles. The van der Waals surface area contributed by atoms with Gasteiger partial charge in [0.05, 0.1) is 16.9 Å². The molecule has 0 saturated heterocycles. The highest BCUT2D eigenvalue weighted by Crippen LogP contribution is 2.16. The second-order valence-corrected chi connectivity index (χ2v) is 3.43. The van der Waals surface area contributed by atoms with E-state index < -0.39 is 5.97 Å². The summed E-state index contributed by atoms with van der Waals surface area (Å²) < 4.78 is 1.25. The van der Waals surface area contributed by atoms with Crippen LogP contribution in [0.15, 0.2) is 12.3 Å². The molecule has 0 atom stereocenters. The highest BCUT2D eigenvalue weighted by molar-refractivity contribution is 6.33. The Morgan fingerprint density at radius 3 is 3.00 bits per heavy atom. The number of aromatic carboxylic acids is 1. The summed E-state index contributed by atoms with van der Waals surface area (Å²) in [5, 5.41) is 13.2. The van der Waals surface area contributed by atoms with Gasteiger partial charge in [-0.15, -0.1) is 0 Å². The van der Waals surface area contributed by atoms with Crippen LogP contribution in [0.3, 0.4) is 0 Å². The molecule has 15 heavy (non-hydrogen) atoms. The van der Waals surface area contributed by atoms with Gasteiger partial charge in [0.25, 0.3) is 0 Å². The molecule has 2 aromatic heterocycles. The molecule has 0 bridgehead atoms. The molecule has 1 N–H and O–H groups in total. The zero-order valence-electron chi connectivity index (χ0n) is 7.94. The van der Waals surface area contributed by atoms with Crippen LogP contribution in [-0.2, 0) is 6.42 Å². The summed E-state index contributed by atoms with van der Waals surface area (Å²) >= 11 is 5.75. The van der Waals surface area contributed by atoms with Gasteiger partial charge in [0, 0.05) is 6.07 Å². The zero-order valence-corrected chi connectivity index (χ0v) is 8.69. The normalized spacial score (nSPS) is 10.8. The van der Waals surface area contributed by atoms with Gasteiger partial charge in [-0.2, -0.15) is 5.10 Å². The van der Waals surface area contributed by atoms with Crippen LogP contribution in [0.25, 0.3) is 5.65 Å². The van der Waals surface area contributed by atoms with E-state index in [2.05, 4.69) is 10.1 Å². The smallest absolute Gasteiger partial charge is 0.356 e. The van der Waals surface area contributed by atoms with Crippen molar-refractivity contribution in [3.05, 3.63) is 28.7 Å². The maximum absolute atomic E-state index is 11.0. The Hall–Kier alpha value is -1.62. The lowest BCUT2D eigenvalue weighted by atomic mass is 10.3. The van der Waals surface area contributed by atoms with Crippen LogP contribution in [0.1, 0.15) is 23.1 Å². The van der Waals surface area contributed by atoms with E-state index in [1.165, 1.54) is 10.7 Å². The molecule has 5 nitrogen and oxygen atoms in total. The van der Waals surface area contributed by atoms with Crippen LogP contribution >= 0.6 is 11.6 Å². The maximum Gasteiger partial charge on any atom is 0.356 e. The van der Waals surface area contributed by atoms with E-state index in [1.54, 1.807) is 6.07 Å². The fourth-order valence-corrected chi connectivity index (χ4v) is 1.54. The lowest BCUT2D eigenvalue weighted by molar-refractivity contribution is 0.0687. The number of hydrogen-bond donors (Lipinski definition) is 1. The number of nitrogens with zero attached hydrogens (tertiary/aromatic N) is 3. The molecular formula is C9H8ClN3O2. The van der Waals surface area contributed by atoms with Crippen molar-refractivity contribution in [3.63, 3.8) is 0 Å². The molecule has 0 amide bonds. The first kappa shape index (κ1) is 9.92. The number of carbonyl (C=O) groups is 1. The average Bonchev–Trinajstić information content (AvgIpc) is 2.59. The second-order valence-electron chi connectivity index (χ2n) is 3.02. The molecule has 0 spiro atoms. The van der Waals surface area contributed by atoms with Crippen molar-refractivity contribution >= 4 is 23.2 Å². The number of carboxylic acids is 1. The number of aryl methyl sites for hydroxylation is 1. The highest BCUT2D eigenvalue weighted by atomic mass is 35.5. The minimum atomic E-state index is -1.11. The van der Waals surface area contributed by atoms with Crippen LogP contribution in [-0.4, -0.2) is 25.7 Å². The summed E-state index contributed by atoms with van der Waals surface area (Å²) in [5.74, 6) is -1.11. The zero-order chi connectivity index (χ0) is 11.0. The predicted molar refractivity (Wildman–Crippen MR) is 54.3 cm³/mol. The second kappa shape index (κ2) is 3.51. The minimum Gasteiger partial charge on any atom is -0.476 e. The number of carboxylic acid groups (broad SMARTS) is 1. The lowest BCUT2D eigenvalue weighted by Gasteiger charge is -2.00. The first-order valence-corrected chi connectivity index (χ1v) is 4.77. The third kappa shape index (κ3) is 1.55. The number of fused-ring (bicyclic) bond motifs is 1. The number of hydrogen-bond acceptors (Lipinski definition) is 3. The lowest BCUT2D eigenvalue weighted by Crippen LogP contribution is -2.08. The van der Waals surface area contributed by atoms with Crippen molar-refractivity contribution in [2.24, 2.45) is 0 Å². The molecular weight excluding hydrogens is 218 g/mol. The summed E-state index contributed by atoms with van der Waals surface area (Å²) in [6.07, 6.45) is 2.04. The molecule has 2 rings (SSSR count). The quantitative estimate of drug-likeness (QED) is 0.844. The van der Waals surface area contributed by atoms with Crippen LogP contribution in [0.5, 0.6) is 0 Å². The Labute approximate surface area is 90.3 Å². The van der Waals surface area contributed by atoms with E-state index in [1.807, 2.05) is 6.92 Å². The van der Waals surface area contributed by atoms with Gasteiger partial charge >= 0.3 is 5.97 Å². The van der Waals surface area contributed by atoms with Gasteiger partial charge in [-0.3, -0.25) is 0 Å². The van der Waals surface area contributed by atoms with E-state index in [-0.39, 0.29) is 10.7 Å². The monoisotopic (exact) mass is 225 g/mol. The van der Waals surface area contributed by atoms with E-state index in [9.17, 15) is 4.79 Å². The van der Waals surface area contributed by atoms with Crippen LogP contribution in [0, 0.1) is 0 Å². The molecule has 2 aromatic rings. The largest absolute Gasteiger partial charge is 0.476 e. The minimum absolute atomic E-state index is 0.0543. The number of aromatic nitrogens is 3. The fourth-order valence-electron chi connectivity index (χ4n) is 1.33. The molecule has 0 unspecified atom stereocenters. The van der Waals surface area contributed by atoms with Gasteiger partial charge < -0.3 is 5.11 Å². The van der Waals surface area contributed by atoms with Crippen molar-refractivity contribution in [1.82, 2.24) is 14.6 Å². The van der Waals surface area contributed by atoms with E-state index in [0.717, 1.165) is 12.1 Å².